The lowest BCUT2D eigenvalue weighted by Crippen LogP contribution is -2.52. The SMILES string of the molecule is C[C@]12CC[C@H]3[C@@H](CC=C4C=C(OS(=O)(=O)C(F)(F)F)CC[C@@]43C)[C@@H]1CC[C@@H]2C(=O)NC(c1ccccc1)C(O)C(F)(F)F. The fraction of sp³-hybridized carbons (Fsp3) is 0.633. The molecule has 1 amide bonds. The predicted octanol–water partition coefficient (Wildman–Crippen LogP) is 6.71. The van der Waals surface area contributed by atoms with Gasteiger partial charge in [-0.2, -0.15) is 34.8 Å². The molecule has 1 aromatic rings. The molecule has 4 aliphatic carbocycles. The van der Waals surface area contributed by atoms with Gasteiger partial charge in [0.2, 0.25) is 5.91 Å². The third-order valence-electron chi connectivity index (χ3n) is 10.7. The van der Waals surface area contributed by atoms with Crippen LogP contribution in [-0.2, 0) is 19.1 Å². The second-order valence-corrected chi connectivity index (χ2v) is 14.4. The first kappa shape index (κ1) is 31.9. The quantitative estimate of drug-likeness (QED) is 0.206. The van der Waals surface area contributed by atoms with Crippen LogP contribution in [0.25, 0.3) is 0 Å². The first-order valence-electron chi connectivity index (χ1n) is 14.4. The lowest BCUT2D eigenvalue weighted by Gasteiger charge is -2.56. The summed E-state index contributed by atoms with van der Waals surface area (Å²) in [6.45, 7) is 4.05. The topological polar surface area (TPSA) is 92.7 Å². The number of aliphatic hydroxyl groups excluding tert-OH is 1. The average molecular weight is 636 g/mol. The number of halogens is 6. The van der Waals surface area contributed by atoms with Gasteiger partial charge in [-0.3, -0.25) is 4.79 Å². The predicted molar refractivity (Wildman–Crippen MR) is 144 cm³/mol. The first-order chi connectivity index (χ1) is 19.9. The molecule has 13 heteroatoms. The van der Waals surface area contributed by atoms with E-state index >= 15 is 0 Å². The Morgan fingerprint density at radius 1 is 1.02 bits per heavy atom. The van der Waals surface area contributed by atoms with Gasteiger partial charge in [-0.05, 0) is 84.3 Å². The second kappa shape index (κ2) is 10.8. The van der Waals surface area contributed by atoms with Crippen LogP contribution in [0.2, 0.25) is 0 Å². The van der Waals surface area contributed by atoms with Crippen LogP contribution in [-0.4, -0.2) is 37.2 Å². The van der Waals surface area contributed by atoms with Crippen LogP contribution in [0.5, 0.6) is 0 Å². The van der Waals surface area contributed by atoms with E-state index in [1.54, 1.807) is 18.2 Å². The molecular formula is C30H35F6NO5S. The van der Waals surface area contributed by atoms with Gasteiger partial charge in [-0.15, -0.1) is 0 Å². The summed E-state index contributed by atoms with van der Waals surface area (Å²) < 4.78 is 107. The number of amides is 1. The maximum absolute atomic E-state index is 13.6. The van der Waals surface area contributed by atoms with E-state index in [1.165, 1.54) is 18.2 Å². The fourth-order valence-electron chi connectivity index (χ4n) is 8.43. The van der Waals surface area contributed by atoms with Crippen LogP contribution < -0.4 is 5.32 Å². The fourth-order valence-corrected chi connectivity index (χ4v) is 8.94. The number of fused-ring (bicyclic) bond motifs is 5. The summed E-state index contributed by atoms with van der Waals surface area (Å²) in [4.78, 5) is 13.6. The van der Waals surface area contributed by atoms with Crippen molar-refractivity contribution in [2.45, 2.75) is 82.6 Å². The van der Waals surface area contributed by atoms with E-state index in [9.17, 15) is 44.7 Å². The third-order valence-corrected chi connectivity index (χ3v) is 11.7. The van der Waals surface area contributed by atoms with Crippen molar-refractivity contribution in [1.29, 1.82) is 0 Å². The summed E-state index contributed by atoms with van der Waals surface area (Å²) in [5.41, 5.74) is -5.54. The molecule has 2 saturated carbocycles. The number of carbonyl (C=O) groups excluding carboxylic acids is 1. The smallest absolute Gasteiger partial charge is 0.381 e. The van der Waals surface area contributed by atoms with Crippen LogP contribution in [0.3, 0.4) is 0 Å². The van der Waals surface area contributed by atoms with Gasteiger partial charge < -0.3 is 14.6 Å². The number of aliphatic hydroxyl groups is 1. The van der Waals surface area contributed by atoms with E-state index in [1.807, 2.05) is 19.9 Å². The number of hydrogen-bond donors (Lipinski definition) is 2. The zero-order valence-corrected chi connectivity index (χ0v) is 24.5. The van der Waals surface area contributed by atoms with Gasteiger partial charge in [0.1, 0.15) is 5.76 Å². The van der Waals surface area contributed by atoms with E-state index in [0.29, 0.717) is 38.5 Å². The highest BCUT2D eigenvalue weighted by Crippen LogP contribution is 2.66. The van der Waals surface area contributed by atoms with E-state index in [0.717, 1.165) is 5.57 Å². The minimum Gasteiger partial charge on any atom is -0.381 e. The maximum Gasteiger partial charge on any atom is 0.534 e. The second-order valence-electron chi connectivity index (χ2n) is 12.8. The van der Waals surface area contributed by atoms with Crippen LogP contribution in [0.1, 0.15) is 70.4 Å². The van der Waals surface area contributed by atoms with Crippen molar-refractivity contribution in [2.24, 2.45) is 34.5 Å². The summed E-state index contributed by atoms with van der Waals surface area (Å²) in [6.07, 6.45) is -0.846. The summed E-state index contributed by atoms with van der Waals surface area (Å²) in [7, 11) is -5.76. The molecule has 5 rings (SSSR count). The largest absolute Gasteiger partial charge is 0.534 e. The van der Waals surface area contributed by atoms with Gasteiger partial charge in [0, 0.05) is 12.3 Å². The number of rotatable bonds is 6. The Hall–Kier alpha value is -2.54. The summed E-state index contributed by atoms with van der Waals surface area (Å²) in [5.74, 6) is -0.952. The highest BCUT2D eigenvalue weighted by atomic mass is 32.2. The van der Waals surface area contributed by atoms with E-state index in [-0.39, 0.29) is 35.5 Å². The summed E-state index contributed by atoms with van der Waals surface area (Å²) in [6, 6.07) is 5.94. The van der Waals surface area contributed by atoms with E-state index in [2.05, 4.69) is 9.50 Å². The molecule has 0 aliphatic heterocycles. The van der Waals surface area contributed by atoms with Crippen molar-refractivity contribution in [2.75, 3.05) is 0 Å². The molecule has 0 saturated heterocycles. The molecule has 0 bridgehead atoms. The molecule has 2 N–H and O–H groups in total. The number of benzene rings is 1. The molecule has 0 spiro atoms. The van der Waals surface area contributed by atoms with Crippen molar-refractivity contribution < 1.29 is 48.8 Å². The Balaban J connectivity index is 1.35. The molecule has 2 fully saturated rings. The van der Waals surface area contributed by atoms with Crippen molar-refractivity contribution in [1.82, 2.24) is 5.32 Å². The number of allylic oxidation sites excluding steroid dienone is 4. The van der Waals surface area contributed by atoms with Gasteiger partial charge in [-0.25, -0.2) is 0 Å². The zero-order valence-electron chi connectivity index (χ0n) is 23.7. The molecule has 1 aromatic carbocycles. The van der Waals surface area contributed by atoms with Crippen molar-refractivity contribution >= 4 is 16.0 Å². The Kier molecular flexibility index (Phi) is 8.02. The molecule has 43 heavy (non-hydrogen) atoms. The molecule has 0 radical (unpaired) electrons. The highest BCUT2D eigenvalue weighted by Gasteiger charge is 2.60. The monoisotopic (exact) mass is 635 g/mol. The van der Waals surface area contributed by atoms with Gasteiger partial charge in [0.15, 0.2) is 6.10 Å². The molecule has 2 unspecified atom stereocenters. The number of carbonyl (C=O) groups is 1. The summed E-state index contributed by atoms with van der Waals surface area (Å²) >= 11 is 0. The number of alkyl halides is 6. The van der Waals surface area contributed by atoms with Gasteiger partial charge >= 0.3 is 21.8 Å². The lowest BCUT2D eigenvalue weighted by molar-refractivity contribution is -0.213. The van der Waals surface area contributed by atoms with Crippen molar-refractivity contribution in [3.63, 3.8) is 0 Å². The minimum atomic E-state index is -5.76. The Morgan fingerprint density at radius 2 is 1.70 bits per heavy atom. The molecule has 0 aromatic heterocycles. The molecule has 0 heterocycles. The van der Waals surface area contributed by atoms with E-state index in [4.69, 9.17) is 0 Å². The first-order valence-corrected chi connectivity index (χ1v) is 15.8. The van der Waals surface area contributed by atoms with Gasteiger partial charge in [0.05, 0.1) is 6.04 Å². The zero-order chi connectivity index (χ0) is 31.6. The van der Waals surface area contributed by atoms with Crippen molar-refractivity contribution in [3.8, 4) is 0 Å². The Labute approximate surface area is 246 Å². The van der Waals surface area contributed by atoms with Crippen molar-refractivity contribution in [3.05, 3.63) is 59.4 Å². The number of hydrogen-bond acceptors (Lipinski definition) is 5. The van der Waals surface area contributed by atoms with Gasteiger partial charge in [-0.1, -0.05) is 50.3 Å². The molecular weight excluding hydrogens is 600 g/mol. The van der Waals surface area contributed by atoms with Crippen LogP contribution in [0.4, 0.5) is 26.3 Å². The molecule has 6 nitrogen and oxygen atoms in total. The van der Waals surface area contributed by atoms with E-state index < -0.39 is 56.6 Å². The van der Waals surface area contributed by atoms with Crippen LogP contribution >= 0.6 is 0 Å². The minimum absolute atomic E-state index is 0.0295. The molecule has 8 atom stereocenters. The molecule has 4 aliphatic rings. The van der Waals surface area contributed by atoms with Gasteiger partial charge in [0.25, 0.3) is 0 Å². The molecule has 238 valence electrons. The third kappa shape index (κ3) is 5.60. The average Bonchev–Trinajstić information content (AvgIpc) is 3.28. The standard InChI is InChI=1S/C30H35F6NO5S/c1-27-14-12-19(42-43(40,41)30(34,35)36)16-18(27)8-9-20-21-10-11-23(28(21,2)15-13-22(20)27)26(39)37-24(25(38)29(31,32)33)17-6-4-3-5-7-17/h3-8,16,20-25,38H,9-15H2,1-2H3,(H,37,39)/t20-,21-,22-,23+,24?,25?,27-,28-/m0/s1. The van der Waals surface area contributed by atoms with Crippen LogP contribution in [0.15, 0.2) is 53.8 Å². The Morgan fingerprint density at radius 3 is 2.33 bits per heavy atom. The maximum atomic E-state index is 13.6. The summed E-state index contributed by atoms with van der Waals surface area (Å²) in [5, 5.41) is 12.7. The number of nitrogens with one attached hydrogen (secondary N) is 1. The van der Waals surface area contributed by atoms with Crippen LogP contribution in [0, 0.1) is 34.5 Å². The lowest BCUT2D eigenvalue weighted by atomic mass is 9.48. The normalized spacial score (nSPS) is 34.1. The Bertz CT molecular complexity index is 1410. The highest BCUT2D eigenvalue weighted by molar-refractivity contribution is 7.87.